The minimum Gasteiger partial charge on any atom is -0.368 e. The van der Waals surface area contributed by atoms with Crippen LogP contribution in [0, 0.1) is 0 Å². The topological polar surface area (TPSA) is 60.2 Å². The number of hydrogen-bond acceptors (Lipinski definition) is 5. The lowest BCUT2D eigenvalue weighted by Gasteiger charge is -2.19. The van der Waals surface area contributed by atoms with Crippen molar-refractivity contribution >= 4 is 0 Å². The maximum atomic E-state index is 5.59. The van der Waals surface area contributed by atoms with Gasteiger partial charge in [-0.05, 0) is 40.2 Å². The van der Waals surface area contributed by atoms with Gasteiger partial charge in [0, 0.05) is 6.61 Å². The molecule has 2 heterocycles. The molecule has 0 unspecified atom stereocenters. The van der Waals surface area contributed by atoms with Crippen LogP contribution in [0.25, 0.3) is 0 Å². The van der Waals surface area contributed by atoms with Gasteiger partial charge in [-0.2, -0.15) is 4.98 Å². The number of rotatable bonds is 4. The monoisotopic (exact) mass is 225 g/mol. The molecule has 0 amide bonds. The first kappa shape index (κ1) is 11.5. The van der Waals surface area contributed by atoms with E-state index in [9.17, 15) is 0 Å². The van der Waals surface area contributed by atoms with Crippen molar-refractivity contribution in [1.29, 1.82) is 0 Å². The van der Waals surface area contributed by atoms with E-state index in [-0.39, 0.29) is 6.04 Å². The van der Waals surface area contributed by atoms with Gasteiger partial charge in [-0.1, -0.05) is 5.16 Å². The first-order valence-electron chi connectivity index (χ1n) is 5.85. The van der Waals surface area contributed by atoms with Crippen LogP contribution in [0.3, 0.4) is 0 Å². The fraction of sp³-hybridized carbons (Fsp3) is 0.818. The van der Waals surface area contributed by atoms with Crippen molar-refractivity contribution in [3.05, 3.63) is 11.7 Å². The second kappa shape index (κ2) is 4.51. The molecule has 1 fully saturated rings. The molecule has 0 aromatic carbocycles. The molecule has 1 saturated heterocycles. The van der Waals surface area contributed by atoms with Crippen LogP contribution in [0.2, 0.25) is 0 Å². The van der Waals surface area contributed by atoms with Gasteiger partial charge in [0.2, 0.25) is 11.7 Å². The van der Waals surface area contributed by atoms with Crippen LogP contribution >= 0.6 is 0 Å². The molecule has 5 nitrogen and oxygen atoms in total. The summed E-state index contributed by atoms with van der Waals surface area (Å²) in [6, 6.07) is 0.221. The zero-order valence-corrected chi connectivity index (χ0v) is 10.1. The summed E-state index contributed by atoms with van der Waals surface area (Å²) in [6.45, 7) is 7.53. The Hall–Kier alpha value is -0.940. The molecule has 1 aromatic heterocycles. The van der Waals surface area contributed by atoms with Gasteiger partial charge >= 0.3 is 0 Å². The minimum atomic E-state index is -0.477. The quantitative estimate of drug-likeness (QED) is 0.846. The van der Waals surface area contributed by atoms with Crippen molar-refractivity contribution in [2.75, 3.05) is 13.2 Å². The van der Waals surface area contributed by atoms with Gasteiger partial charge in [-0.3, -0.25) is 0 Å². The van der Waals surface area contributed by atoms with E-state index in [1.54, 1.807) is 0 Å². The number of nitrogens with one attached hydrogen (secondary N) is 1. The molecule has 1 aliphatic heterocycles. The van der Waals surface area contributed by atoms with E-state index < -0.39 is 5.60 Å². The molecule has 0 saturated carbocycles. The molecular weight excluding hydrogens is 206 g/mol. The Morgan fingerprint density at radius 2 is 2.38 bits per heavy atom. The van der Waals surface area contributed by atoms with E-state index in [0.717, 1.165) is 19.4 Å². The molecule has 1 aromatic rings. The highest BCUT2D eigenvalue weighted by atomic mass is 16.5. The summed E-state index contributed by atoms with van der Waals surface area (Å²) in [5.74, 6) is 1.30. The van der Waals surface area contributed by atoms with Crippen molar-refractivity contribution in [3.8, 4) is 0 Å². The second-order valence-corrected chi connectivity index (χ2v) is 4.55. The smallest absolute Gasteiger partial charge is 0.243 e. The van der Waals surface area contributed by atoms with Crippen LogP contribution in [-0.4, -0.2) is 23.3 Å². The summed E-state index contributed by atoms with van der Waals surface area (Å²) in [6.07, 6.45) is 2.23. The molecule has 0 aliphatic carbocycles. The zero-order chi connectivity index (χ0) is 11.6. The first-order valence-corrected chi connectivity index (χ1v) is 5.85. The van der Waals surface area contributed by atoms with Crippen molar-refractivity contribution < 1.29 is 9.26 Å². The molecule has 1 N–H and O–H groups in total. The van der Waals surface area contributed by atoms with E-state index in [1.807, 2.05) is 20.8 Å². The predicted octanol–water partition coefficient (Wildman–Crippen LogP) is 1.77. The Bertz CT molecular complexity index is 343. The van der Waals surface area contributed by atoms with Gasteiger partial charge in [0.1, 0.15) is 5.60 Å². The molecular formula is C11H19N3O2. The summed E-state index contributed by atoms with van der Waals surface area (Å²) >= 11 is 0. The van der Waals surface area contributed by atoms with Gasteiger partial charge in [0.25, 0.3) is 0 Å². The third kappa shape index (κ3) is 2.25. The highest BCUT2D eigenvalue weighted by Crippen LogP contribution is 2.26. The van der Waals surface area contributed by atoms with E-state index in [0.29, 0.717) is 18.3 Å². The highest BCUT2D eigenvalue weighted by molar-refractivity contribution is 5.01. The third-order valence-corrected chi connectivity index (χ3v) is 2.84. The fourth-order valence-corrected chi connectivity index (χ4v) is 1.94. The zero-order valence-electron chi connectivity index (χ0n) is 10.1. The second-order valence-electron chi connectivity index (χ2n) is 4.55. The summed E-state index contributed by atoms with van der Waals surface area (Å²) in [7, 11) is 0. The van der Waals surface area contributed by atoms with Crippen molar-refractivity contribution in [2.24, 2.45) is 0 Å². The van der Waals surface area contributed by atoms with Crippen LogP contribution < -0.4 is 5.32 Å². The Labute approximate surface area is 95.6 Å². The number of aromatic nitrogens is 2. The summed E-state index contributed by atoms with van der Waals surface area (Å²) in [5.41, 5.74) is -0.477. The van der Waals surface area contributed by atoms with Crippen LogP contribution in [0.1, 0.15) is 51.4 Å². The molecule has 1 atom stereocenters. The predicted molar refractivity (Wildman–Crippen MR) is 58.9 cm³/mol. The summed E-state index contributed by atoms with van der Waals surface area (Å²) in [5, 5.41) is 7.33. The first-order chi connectivity index (χ1) is 7.63. The van der Waals surface area contributed by atoms with E-state index in [2.05, 4.69) is 15.5 Å². The number of nitrogens with zero attached hydrogens (tertiary/aromatic N) is 2. The largest absolute Gasteiger partial charge is 0.368 e. The lowest BCUT2D eigenvalue weighted by molar-refractivity contribution is -0.0221. The van der Waals surface area contributed by atoms with Gasteiger partial charge in [0.15, 0.2) is 0 Å². The standard InChI is InChI=1S/C11H19N3O2/c1-4-15-11(2,3)10-13-9(16-14-10)8-6-5-7-12-8/h8,12H,4-7H2,1-3H3/t8-/m1/s1. The van der Waals surface area contributed by atoms with Gasteiger partial charge in [0.05, 0.1) is 6.04 Å². The summed E-state index contributed by atoms with van der Waals surface area (Å²) in [4.78, 5) is 4.42. The number of ether oxygens (including phenoxy) is 1. The van der Waals surface area contributed by atoms with Gasteiger partial charge in [-0.25, -0.2) is 0 Å². The normalized spacial score (nSPS) is 21.6. The Kier molecular flexibility index (Phi) is 3.25. The number of hydrogen-bond donors (Lipinski definition) is 1. The van der Waals surface area contributed by atoms with Crippen LogP contribution in [0.4, 0.5) is 0 Å². The molecule has 0 bridgehead atoms. The minimum absolute atomic E-state index is 0.221. The Morgan fingerprint density at radius 1 is 1.56 bits per heavy atom. The Morgan fingerprint density at radius 3 is 3.00 bits per heavy atom. The van der Waals surface area contributed by atoms with Crippen LogP contribution in [0.5, 0.6) is 0 Å². The molecule has 2 rings (SSSR count). The highest BCUT2D eigenvalue weighted by Gasteiger charge is 2.30. The van der Waals surface area contributed by atoms with Gasteiger partial charge in [-0.15, -0.1) is 0 Å². The average molecular weight is 225 g/mol. The lowest BCUT2D eigenvalue weighted by atomic mass is 10.1. The van der Waals surface area contributed by atoms with Crippen molar-refractivity contribution in [2.45, 2.75) is 45.3 Å². The van der Waals surface area contributed by atoms with Gasteiger partial charge < -0.3 is 14.6 Å². The van der Waals surface area contributed by atoms with Crippen molar-refractivity contribution in [1.82, 2.24) is 15.5 Å². The van der Waals surface area contributed by atoms with E-state index >= 15 is 0 Å². The molecule has 16 heavy (non-hydrogen) atoms. The maximum Gasteiger partial charge on any atom is 0.243 e. The van der Waals surface area contributed by atoms with Crippen LogP contribution in [0.15, 0.2) is 4.52 Å². The molecule has 1 aliphatic rings. The maximum absolute atomic E-state index is 5.59. The molecule has 5 heteroatoms. The SMILES string of the molecule is CCOC(C)(C)c1noc([C@H]2CCCN2)n1. The molecule has 0 radical (unpaired) electrons. The lowest BCUT2D eigenvalue weighted by Crippen LogP contribution is -2.23. The van der Waals surface area contributed by atoms with Crippen molar-refractivity contribution in [3.63, 3.8) is 0 Å². The van der Waals surface area contributed by atoms with Crippen LogP contribution in [-0.2, 0) is 10.3 Å². The Balaban J connectivity index is 2.12. The molecule has 0 spiro atoms. The van der Waals surface area contributed by atoms with E-state index in [1.165, 1.54) is 0 Å². The third-order valence-electron chi connectivity index (χ3n) is 2.84. The van der Waals surface area contributed by atoms with E-state index in [4.69, 9.17) is 9.26 Å². The average Bonchev–Trinajstić information content (AvgIpc) is 2.89. The fourth-order valence-electron chi connectivity index (χ4n) is 1.94. The summed E-state index contributed by atoms with van der Waals surface area (Å²) < 4.78 is 10.9. The molecule has 90 valence electrons.